The fourth-order valence-electron chi connectivity index (χ4n) is 4.00. The Hall–Kier alpha value is -0.650. The molecular weight excluding hydrogens is 268 g/mol. The summed E-state index contributed by atoms with van der Waals surface area (Å²) in [4.78, 5) is 14.4. The molecule has 4 unspecified atom stereocenters. The van der Waals surface area contributed by atoms with Crippen LogP contribution in [-0.4, -0.2) is 56.4 Å². The predicted molar refractivity (Wildman–Crippen MR) is 81.9 cm³/mol. The highest BCUT2D eigenvalue weighted by Crippen LogP contribution is 2.35. The summed E-state index contributed by atoms with van der Waals surface area (Å²) in [5.74, 6) is 1.08. The average molecular weight is 298 g/mol. The van der Waals surface area contributed by atoms with Gasteiger partial charge in [0.2, 0.25) is 0 Å². The van der Waals surface area contributed by atoms with E-state index in [2.05, 4.69) is 11.8 Å². The van der Waals surface area contributed by atoms with Crippen LogP contribution >= 0.6 is 0 Å². The highest BCUT2D eigenvalue weighted by Gasteiger charge is 2.40. The molecule has 0 bridgehead atoms. The van der Waals surface area contributed by atoms with Crippen molar-refractivity contribution in [3.8, 4) is 0 Å². The van der Waals surface area contributed by atoms with E-state index in [0.29, 0.717) is 31.7 Å². The highest BCUT2D eigenvalue weighted by molar-refractivity contribution is 5.76. The number of rotatable bonds is 5. The Morgan fingerprint density at radius 2 is 2.24 bits per heavy atom. The zero-order chi connectivity index (χ0) is 15.2. The summed E-state index contributed by atoms with van der Waals surface area (Å²) >= 11 is 0. The van der Waals surface area contributed by atoms with E-state index in [4.69, 9.17) is 15.2 Å². The third kappa shape index (κ3) is 3.96. The van der Waals surface area contributed by atoms with Crippen molar-refractivity contribution in [2.75, 3.05) is 33.4 Å². The third-order valence-corrected chi connectivity index (χ3v) is 5.13. The number of methoxy groups -OCH3 is 1. The van der Waals surface area contributed by atoms with Gasteiger partial charge in [-0.3, -0.25) is 9.69 Å². The molecule has 0 aromatic carbocycles. The first kappa shape index (κ1) is 16.7. The number of carbonyl (C=O) groups is 1. The van der Waals surface area contributed by atoms with Gasteiger partial charge in [0.1, 0.15) is 6.04 Å². The molecule has 1 aliphatic heterocycles. The standard InChI is InChI=1S/C16H30N2O3/c1-3-4-12-5-6-13(10-17)14(9-12)18-7-8-21-11-15(18)16(19)20-2/h12-15H,3-11,17H2,1-2H3. The molecule has 5 nitrogen and oxygen atoms in total. The lowest BCUT2D eigenvalue weighted by molar-refractivity contribution is -0.157. The van der Waals surface area contributed by atoms with E-state index in [0.717, 1.165) is 18.9 Å². The van der Waals surface area contributed by atoms with Crippen LogP contribution < -0.4 is 5.73 Å². The van der Waals surface area contributed by atoms with Gasteiger partial charge in [-0.1, -0.05) is 26.2 Å². The molecule has 0 spiro atoms. The van der Waals surface area contributed by atoms with Crippen molar-refractivity contribution in [2.45, 2.75) is 51.1 Å². The van der Waals surface area contributed by atoms with Crippen LogP contribution in [0, 0.1) is 11.8 Å². The molecule has 1 saturated carbocycles. The smallest absolute Gasteiger partial charge is 0.325 e. The molecule has 2 N–H and O–H groups in total. The van der Waals surface area contributed by atoms with Crippen LogP contribution in [0.2, 0.25) is 0 Å². The SMILES string of the molecule is CCCC1CCC(CN)C(N2CCOCC2C(=O)OC)C1. The van der Waals surface area contributed by atoms with E-state index < -0.39 is 0 Å². The van der Waals surface area contributed by atoms with Gasteiger partial charge in [-0.2, -0.15) is 0 Å². The van der Waals surface area contributed by atoms with Gasteiger partial charge in [0, 0.05) is 12.6 Å². The number of morpholine rings is 1. The molecule has 0 amide bonds. The van der Waals surface area contributed by atoms with Crippen molar-refractivity contribution in [3.05, 3.63) is 0 Å². The van der Waals surface area contributed by atoms with E-state index in [1.165, 1.54) is 32.8 Å². The number of esters is 1. The van der Waals surface area contributed by atoms with Crippen LogP contribution in [0.15, 0.2) is 0 Å². The summed E-state index contributed by atoms with van der Waals surface area (Å²) in [6.07, 6.45) is 6.12. The van der Waals surface area contributed by atoms with E-state index >= 15 is 0 Å². The summed E-state index contributed by atoms with van der Waals surface area (Å²) in [7, 11) is 1.45. The first-order valence-electron chi connectivity index (χ1n) is 8.32. The molecule has 2 fully saturated rings. The van der Waals surface area contributed by atoms with Crippen LogP contribution in [0.25, 0.3) is 0 Å². The minimum atomic E-state index is -0.261. The predicted octanol–water partition coefficient (Wildman–Crippen LogP) is 1.40. The van der Waals surface area contributed by atoms with Crippen LogP contribution in [0.5, 0.6) is 0 Å². The van der Waals surface area contributed by atoms with E-state index in [-0.39, 0.29) is 12.0 Å². The number of carbonyl (C=O) groups excluding carboxylic acids is 1. The van der Waals surface area contributed by atoms with Gasteiger partial charge in [-0.25, -0.2) is 0 Å². The summed E-state index contributed by atoms with van der Waals surface area (Å²) in [5, 5.41) is 0. The number of nitrogens with two attached hydrogens (primary N) is 1. The Balaban J connectivity index is 2.10. The van der Waals surface area contributed by atoms with Gasteiger partial charge in [0.25, 0.3) is 0 Å². The van der Waals surface area contributed by atoms with E-state index in [9.17, 15) is 4.79 Å². The van der Waals surface area contributed by atoms with Crippen molar-refractivity contribution >= 4 is 5.97 Å². The second kappa shape index (κ2) is 8.11. The van der Waals surface area contributed by atoms with E-state index in [1.54, 1.807) is 0 Å². The first-order valence-corrected chi connectivity index (χ1v) is 8.32. The zero-order valence-electron chi connectivity index (χ0n) is 13.4. The second-order valence-corrected chi connectivity index (χ2v) is 6.38. The van der Waals surface area contributed by atoms with Crippen molar-refractivity contribution in [2.24, 2.45) is 17.6 Å². The fourth-order valence-corrected chi connectivity index (χ4v) is 4.00. The van der Waals surface area contributed by atoms with Gasteiger partial charge in [-0.15, -0.1) is 0 Å². The number of hydrogen-bond acceptors (Lipinski definition) is 5. The maximum absolute atomic E-state index is 12.0. The summed E-state index contributed by atoms with van der Waals surface area (Å²) in [5.41, 5.74) is 6.00. The third-order valence-electron chi connectivity index (χ3n) is 5.13. The van der Waals surface area contributed by atoms with Crippen molar-refractivity contribution in [1.29, 1.82) is 0 Å². The first-order chi connectivity index (χ1) is 10.2. The van der Waals surface area contributed by atoms with E-state index in [1.807, 2.05) is 0 Å². The van der Waals surface area contributed by atoms with Crippen molar-refractivity contribution < 1.29 is 14.3 Å². The molecule has 0 radical (unpaired) electrons. The number of nitrogens with zero attached hydrogens (tertiary/aromatic N) is 1. The van der Waals surface area contributed by atoms with Crippen LogP contribution in [0.4, 0.5) is 0 Å². The topological polar surface area (TPSA) is 64.8 Å². The fraction of sp³-hybridized carbons (Fsp3) is 0.938. The molecule has 4 atom stereocenters. The molecule has 5 heteroatoms. The van der Waals surface area contributed by atoms with Gasteiger partial charge < -0.3 is 15.2 Å². The quantitative estimate of drug-likeness (QED) is 0.777. The Kier molecular flexibility index (Phi) is 6.45. The van der Waals surface area contributed by atoms with Crippen LogP contribution in [0.1, 0.15) is 39.0 Å². The van der Waals surface area contributed by atoms with Gasteiger partial charge in [0.15, 0.2) is 0 Å². The van der Waals surface area contributed by atoms with Crippen LogP contribution in [-0.2, 0) is 14.3 Å². The molecule has 1 saturated heterocycles. The van der Waals surface area contributed by atoms with Crippen LogP contribution in [0.3, 0.4) is 0 Å². The number of hydrogen-bond donors (Lipinski definition) is 1. The largest absolute Gasteiger partial charge is 0.468 e. The summed E-state index contributed by atoms with van der Waals surface area (Å²) in [6.45, 7) is 4.89. The average Bonchev–Trinajstić information content (AvgIpc) is 2.54. The zero-order valence-corrected chi connectivity index (χ0v) is 13.4. The van der Waals surface area contributed by atoms with Crippen molar-refractivity contribution in [3.63, 3.8) is 0 Å². The minimum absolute atomic E-state index is 0.178. The molecule has 0 aromatic heterocycles. The summed E-state index contributed by atoms with van der Waals surface area (Å²) in [6, 6.07) is 0.136. The molecule has 122 valence electrons. The number of ether oxygens (including phenoxy) is 2. The van der Waals surface area contributed by atoms with Gasteiger partial charge in [0.05, 0.1) is 20.3 Å². The summed E-state index contributed by atoms with van der Waals surface area (Å²) < 4.78 is 10.5. The molecule has 1 heterocycles. The highest BCUT2D eigenvalue weighted by atomic mass is 16.5. The Morgan fingerprint density at radius 1 is 1.43 bits per heavy atom. The normalized spacial score (nSPS) is 34.6. The molecule has 0 aromatic rings. The monoisotopic (exact) mass is 298 g/mol. The Labute approximate surface area is 128 Å². The lowest BCUT2D eigenvalue weighted by atomic mass is 9.75. The Bertz CT molecular complexity index is 337. The maximum Gasteiger partial charge on any atom is 0.325 e. The lowest BCUT2D eigenvalue weighted by Gasteiger charge is -2.46. The van der Waals surface area contributed by atoms with Gasteiger partial charge >= 0.3 is 5.97 Å². The molecule has 2 rings (SSSR count). The minimum Gasteiger partial charge on any atom is -0.468 e. The molecule has 21 heavy (non-hydrogen) atoms. The molecule has 1 aliphatic carbocycles. The lowest BCUT2D eigenvalue weighted by Crippen LogP contribution is -2.58. The Morgan fingerprint density at radius 3 is 2.90 bits per heavy atom. The molecule has 2 aliphatic rings. The molecular formula is C16H30N2O3. The second-order valence-electron chi connectivity index (χ2n) is 6.38. The van der Waals surface area contributed by atoms with Crippen molar-refractivity contribution in [1.82, 2.24) is 4.90 Å². The maximum atomic E-state index is 12.0. The van der Waals surface area contributed by atoms with Gasteiger partial charge in [-0.05, 0) is 31.2 Å².